The van der Waals surface area contributed by atoms with E-state index in [2.05, 4.69) is 4.99 Å². The normalized spacial score (nSPS) is 15.3. The Morgan fingerprint density at radius 2 is 1.75 bits per heavy atom. The zero-order chi connectivity index (χ0) is 26.2. The second kappa shape index (κ2) is 12.6. The van der Waals surface area contributed by atoms with Crippen molar-refractivity contribution in [1.82, 2.24) is 0 Å². The number of rotatable bonds is 8. The summed E-state index contributed by atoms with van der Waals surface area (Å²) in [6, 6.07) is 11.1. The molecule has 36 heavy (non-hydrogen) atoms. The van der Waals surface area contributed by atoms with Crippen LogP contribution in [0.15, 0.2) is 63.7 Å². The SMILES string of the molecule is CCOC(=O)COc1ccc(/C=C2\SC(=NC(=O)c3ccccc3Cl)C(C(=O)OCC)=C2O)cc1Cl. The molecule has 0 saturated carbocycles. The maximum absolute atomic E-state index is 12.7. The van der Waals surface area contributed by atoms with Crippen molar-refractivity contribution in [2.75, 3.05) is 19.8 Å². The summed E-state index contributed by atoms with van der Waals surface area (Å²) in [5, 5.41) is 11.2. The minimum atomic E-state index is -0.822. The van der Waals surface area contributed by atoms with Gasteiger partial charge in [0.05, 0.1) is 33.7 Å². The lowest BCUT2D eigenvalue weighted by Crippen LogP contribution is -2.14. The molecule has 0 radical (unpaired) electrons. The third-order valence-corrected chi connectivity index (χ3v) is 6.23. The Balaban J connectivity index is 1.91. The fourth-order valence-electron chi connectivity index (χ4n) is 2.99. The zero-order valence-electron chi connectivity index (χ0n) is 19.2. The maximum atomic E-state index is 12.7. The van der Waals surface area contributed by atoms with Gasteiger partial charge in [0.25, 0.3) is 5.91 Å². The van der Waals surface area contributed by atoms with Gasteiger partial charge in [-0.05, 0) is 49.8 Å². The van der Waals surface area contributed by atoms with E-state index in [0.717, 1.165) is 11.8 Å². The Bertz CT molecular complexity index is 1290. The fraction of sp³-hybridized carbons (Fsp3) is 0.200. The molecular weight excluding hydrogens is 529 g/mol. The number of benzene rings is 2. The lowest BCUT2D eigenvalue weighted by Gasteiger charge is -2.08. The lowest BCUT2D eigenvalue weighted by atomic mass is 10.1. The van der Waals surface area contributed by atoms with Gasteiger partial charge in [-0.3, -0.25) is 4.79 Å². The first-order valence-electron chi connectivity index (χ1n) is 10.7. The van der Waals surface area contributed by atoms with Crippen LogP contribution in [-0.4, -0.2) is 47.8 Å². The monoisotopic (exact) mass is 549 g/mol. The van der Waals surface area contributed by atoms with Gasteiger partial charge in [-0.1, -0.05) is 53.2 Å². The van der Waals surface area contributed by atoms with E-state index in [4.69, 9.17) is 37.4 Å². The number of hydrogen-bond acceptors (Lipinski definition) is 8. The molecule has 0 aromatic heterocycles. The number of amides is 1. The number of hydrogen-bond donors (Lipinski definition) is 1. The quantitative estimate of drug-likeness (QED) is 0.421. The first kappa shape index (κ1) is 27.3. The Morgan fingerprint density at radius 1 is 1.03 bits per heavy atom. The number of nitrogens with zero attached hydrogens (tertiary/aromatic N) is 1. The molecule has 0 unspecified atom stereocenters. The Hall–Kier alpha value is -3.27. The standard InChI is InChI=1S/C25H21Cl2NO7S/c1-3-33-20(29)13-35-18-10-9-14(11-17(18)27)12-19-22(30)21(25(32)34-4-2)24(36-19)28-23(31)15-7-5-6-8-16(15)26/h5-12,30H,3-4,13H2,1-2H3/b19-12-,28-24?. The smallest absolute Gasteiger partial charge is 0.344 e. The van der Waals surface area contributed by atoms with Crippen LogP contribution in [-0.2, 0) is 19.1 Å². The Labute approximate surface area is 221 Å². The van der Waals surface area contributed by atoms with E-state index >= 15 is 0 Å². The molecule has 1 N–H and O–H groups in total. The molecule has 11 heteroatoms. The second-order valence-corrected chi connectivity index (χ2v) is 8.89. The van der Waals surface area contributed by atoms with E-state index in [1.54, 1.807) is 56.3 Å². The van der Waals surface area contributed by atoms with Crippen molar-refractivity contribution in [3.8, 4) is 5.75 Å². The predicted octanol–water partition coefficient (Wildman–Crippen LogP) is 5.64. The highest BCUT2D eigenvalue weighted by atomic mass is 35.5. The molecule has 0 bridgehead atoms. The number of aliphatic hydroxyl groups excluding tert-OH is 1. The van der Waals surface area contributed by atoms with Crippen LogP contribution < -0.4 is 4.74 Å². The van der Waals surface area contributed by atoms with Gasteiger partial charge in [-0.15, -0.1) is 0 Å². The number of thioether (sulfide) groups is 1. The summed E-state index contributed by atoms with van der Waals surface area (Å²) < 4.78 is 15.2. The van der Waals surface area contributed by atoms with E-state index in [1.165, 1.54) is 6.07 Å². The lowest BCUT2D eigenvalue weighted by molar-refractivity contribution is -0.145. The third-order valence-electron chi connectivity index (χ3n) is 4.58. The molecular formula is C25H21Cl2NO7S. The average molecular weight is 550 g/mol. The predicted molar refractivity (Wildman–Crippen MR) is 139 cm³/mol. The molecule has 0 aliphatic carbocycles. The molecule has 1 aliphatic rings. The van der Waals surface area contributed by atoms with Crippen LogP contribution in [0.3, 0.4) is 0 Å². The highest BCUT2D eigenvalue weighted by Gasteiger charge is 2.34. The Kier molecular flexibility index (Phi) is 9.58. The van der Waals surface area contributed by atoms with Crippen molar-refractivity contribution in [1.29, 1.82) is 0 Å². The van der Waals surface area contributed by atoms with Gasteiger partial charge in [0, 0.05) is 0 Å². The molecule has 0 spiro atoms. The largest absolute Gasteiger partial charge is 0.506 e. The highest BCUT2D eigenvalue weighted by Crippen LogP contribution is 2.40. The molecule has 2 aromatic rings. The Morgan fingerprint density at radius 3 is 2.42 bits per heavy atom. The molecule has 3 rings (SSSR count). The summed E-state index contributed by atoms with van der Waals surface area (Å²) in [6.07, 6.45) is 1.56. The molecule has 0 saturated heterocycles. The molecule has 1 heterocycles. The van der Waals surface area contributed by atoms with Crippen LogP contribution in [0.5, 0.6) is 5.75 Å². The minimum absolute atomic E-state index is 0.0254. The number of carbonyl (C=O) groups excluding carboxylic acids is 3. The van der Waals surface area contributed by atoms with Gasteiger partial charge in [0.15, 0.2) is 6.61 Å². The van der Waals surface area contributed by atoms with Gasteiger partial charge in [-0.25, -0.2) is 14.6 Å². The zero-order valence-corrected chi connectivity index (χ0v) is 21.6. The summed E-state index contributed by atoms with van der Waals surface area (Å²) in [5.41, 5.74) is 0.478. The van der Waals surface area contributed by atoms with E-state index < -0.39 is 17.8 Å². The van der Waals surface area contributed by atoms with Crippen LogP contribution >= 0.6 is 35.0 Å². The average Bonchev–Trinajstić information content (AvgIpc) is 3.13. The molecule has 0 atom stereocenters. The van der Waals surface area contributed by atoms with Gasteiger partial charge >= 0.3 is 11.9 Å². The number of aliphatic hydroxyl groups is 1. The molecule has 1 amide bonds. The summed E-state index contributed by atoms with van der Waals surface area (Å²) in [4.78, 5) is 41.0. The van der Waals surface area contributed by atoms with Gasteiger partial charge in [0.1, 0.15) is 22.1 Å². The van der Waals surface area contributed by atoms with Crippen molar-refractivity contribution in [3.63, 3.8) is 0 Å². The van der Waals surface area contributed by atoms with E-state index in [1.807, 2.05) is 0 Å². The molecule has 1 aliphatic heterocycles. The first-order chi connectivity index (χ1) is 17.2. The van der Waals surface area contributed by atoms with E-state index in [0.29, 0.717) is 5.56 Å². The molecule has 0 fully saturated rings. The number of aliphatic imine (C=N–C) groups is 1. The highest BCUT2D eigenvalue weighted by molar-refractivity contribution is 8.18. The molecule has 2 aromatic carbocycles. The number of halogens is 2. The number of carbonyl (C=O) groups is 3. The third kappa shape index (κ3) is 6.69. The maximum Gasteiger partial charge on any atom is 0.344 e. The van der Waals surface area contributed by atoms with Gasteiger partial charge < -0.3 is 19.3 Å². The first-order valence-corrected chi connectivity index (χ1v) is 12.3. The number of ether oxygens (including phenoxy) is 3. The molecule has 188 valence electrons. The van der Waals surface area contributed by atoms with Crippen molar-refractivity contribution < 1.29 is 33.7 Å². The summed E-state index contributed by atoms with van der Waals surface area (Å²) >= 11 is 13.3. The molecule has 8 nitrogen and oxygen atoms in total. The van der Waals surface area contributed by atoms with Crippen LogP contribution in [0.4, 0.5) is 0 Å². The van der Waals surface area contributed by atoms with Crippen molar-refractivity contribution in [3.05, 3.63) is 79.9 Å². The van der Waals surface area contributed by atoms with Gasteiger partial charge in [0.2, 0.25) is 0 Å². The van der Waals surface area contributed by atoms with E-state index in [-0.39, 0.29) is 62.5 Å². The summed E-state index contributed by atoms with van der Waals surface area (Å²) in [6.45, 7) is 3.31. The van der Waals surface area contributed by atoms with Crippen LogP contribution in [0.25, 0.3) is 6.08 Å². The van der Waals surface area contributed by atoms with Crippen molar-refractivity contribution in [2.24, 2.45) is 4.99 Å². The van der Waals surface area contributed by atoms with Crippen LogP contribution in [0, 0.1) is 0 Å². The van der Waals surface area contributed by atoms with Crippen LogP contribution in [0.1, 0.15) is 29.8 Å². The number of esters is 2. The fourth-order valence-corrected chi connectivity index (χ4v) is 4.47. The topological polar surface area (TPSA) is 111 Å². The summed E-state index contributed by atoms with van der Waals surface area (Å²) in [7, 11) is 0. The van der Waals surface area contributed by atoms with Gasteiger partial charge in [-0.2, -0.15) is 0 Å². The van der Waals surface area contributed by atoms with Crippen LogP contribution in [0.2, 0.25) is 10.0 Å². The second-order valence-electron chi connectivity index (χ2n) is 7.04. The minimum Gasteiger partial charge on any atom is -0.506 e. The van der Waals surface area contributed by atoms with E-state index in [9.17, 15) is 19.5 Å². The van der Waals surface area contributed by atoms with Crippen molar-refractivity contribution in [2.45, 2.75) is 13.8 Å². The summed E-state index contributed by atoms with van der Waals surface area (Å²) in [5.74, 6) is -2.14. The van der Waals surface area contributed by atoms with Crippen molar-refractivity contribution >= 4 is 63.9 Å².